The number of hydrogen-bond acceptors (Lipinski definition) is 5. The normalized spacial score (nSPS) is 9.76. The van der Waals surface area contributed by atoms with Gasteiger partial charge in [0.1, 0.15) is 5.75 Å². The number of nitrogen functional groups attached to an aromatic ring is 1. The van der Waals surface area contributed by atoms with Crippen LogP contribution < -0.4 is 15.2 Å². The highest BCUT2D eigenvalue weighted by Gasteiger charge is 2.10. The van der Waals surface area contributed by atoms with Crippen molar-refractivity contribution in [2.24, 2.45) is 0 Å². The summed E-state index contributed by atoms with van der Waals surface area (Å²) in [5.41, 5.74) is 7.02. The molecule has 0 spiro atoms. The van der Waals surface area contributed by atoms with Crippen molar-refractivity contribution in [2.75, 3.05) is 12.8 Å². The summed E-state index contributed by atoms with van der Waals surface area (Å²) in [4.78, 5) is 11.5. The number of hydrogen-bond donors (Lipinski definition) is 1. The molecule has 0 aromatic heterocycles. The molecule has 0 heterocycles. The fraction of sp³-hybridized carbons (Fsp3) is 0.125. The van der Waals surface area contributed by atoms with Crippen LogP contribution in [0.3, 0.4) is 0 Å². The second-order valence-corrected chi connectivity index (χ2v) is 4.38. The van der Waals surface area contributed by atoms with Gasteiger partial charge in [-0.05, 0) is 37.3 Å². The van der Waals surface area contributed by atoms with Crippen LogP contribution in [0.4, 0.5) is 5.69 Å². The zero-order chi connectivity index (χ0) is 15.4. The van der Waals surface area contributed by atoms with Crippen LogP contribution in [0.25, 0.3) is 0 Å². The minimum Gasteiger partial charge on any atom is -0.493 e. The second kappa shape index (κ2) is 5.97. The van der Waals surface area contributed by atoms with Gasteiger partial charge in [0.2, 0.25) is 0 Å². The van der Waals surface area contributed by atoms with Crippen molar-refractivity contribution < 1.29 is 14.3 Å². The van der Waals surface area contributed by atoms with Gasteiger partial charge in [0.25, 0.3) is 0 Å². The minimum atomic E-state index is -0.134. The molecule has 0 radical (unpaired) electrons. The van der Waals surface area contributed by atoms with Crippen LogP contribution in [0, 0.1) is 11.3 Å². The van der Waals surface area contributed by atoms with E-state index in [9.17, 15) is 4.79 Å². The number of methoxy groups -OCH3 is 1. The first-order chi connectivity index (χ1) is 10.0. The molecule has 0 unspecified atom stereocenters. The number of ketones is 1. The maximum atomic E-state index is 11.5. The average Bonchev–Trinajstić information content (AvgIpc) is 2.49. The standard InChI is InChI=1S/C16H14N2O3/c1-10(19)13-8-12(4-5-14(13)18)21-15-6-3-11(9-17)7-16(15)20-2/h3-8H,18H2,1-2H3. The van der Waals surface area contributed by atoms with Crippen molar-refractivity contribution in [3.63, 3.8) is 0 Å². The molecule has 0 aliphatic carbocycles. The Kier molecular flexibility index (Phi) is 4.10. The van der Waals surface area contributed by atoms with E-state index in [1.807, 2.05) is 6.07 Å². The number of anilines is 1. The highest BCUT2D eigenvalue weighted by atomic mass is 16.5. The number of rotatable bonds is 4. The number of Topliss-reactive ketones (excluding diaryl/α,β-unsaturated/α-hetero) is 1. The highest BCUT2D eigenvalue weighted by Crippen LogP contribution is 2.33. The lowest BCUT2D eigenvalue weighted by atomic mass is 10.1. The second-order valence-electron chi connectivity index (χ2n) is 4.38. The Balaban J connectivity index is 2.37. The number of nitrogens with two attached hydrogens (primary N) is 1. The van der Waals surface area contributed by atoms with Crippen LogP contribution in [-0.2, 0) is 0 Å². The van der Waals surface area contributed by atoms with E-state index < -0.39 is 0 Å². The summed E-state index contributed by atoms with van der Waals surface area (Å²) >= 11 is 0. The Morgan fingerprint density at radius 3 is 2.57 bits per heavy atom. The monoisotopic (exact) mass is 282 g/mol. The Labute approximate surface area is 122 Å². The van der Waals surface area contributed by atoms with E-state index >= 15 is 0 Å². The van der Waals surface area contributed by atoms with E-state index in [2.05, 4.69) is 0 Å². The molecule has 0 aliphatic heterocycles. The quantitative estimate of drug-likeness (QED) is 0.687. The third kappa shape index (κ3) is 3.12. The predicted octanol–water partition coefficient (Wildman–Crippen LogP) is 3.14. The lowest BCUT2D eigenvalue weighted by Crippen LogP contribution is -2.00. The van der Waals surface area contributed by atoms with E-state index in [1.165, 1.54) is 14.0 Å². The van der Waals surface area contributed by atoms with Crippen molar-refractivity contribution >= 4 is 11.5 Å². The van der Waals surface area contributed by atoms with Crippen LogP contribution >= 0.6 is 0 Å². The summed E-state index contributed by atoms with van der Waals surface area (Å²) in [6, 6.07) is 11.7. The fourth-order valence-corrected chi connectivity index (χ4v) is 1.85. The van der Waals surface area contributed by atoms with Crippen LogP contribution in [0.5, 0.6) is 17.2 Å². The van der Waals surface area contributed by atoms with Crippen molar-refractivity contribution in [3.8, 4) is 23.3 Å². The molecule has 21 heavy (non-hydrogen) atoms. The van der Waals surface area contributed by atoms with Gasteiger partial charge in [0.05, 0.1) is 18.7 Å². The predicted molar refractivity (Wildman–Crippen MR) is 78.6 cm³/mol. The zero-order valence-electron chi connectivity index (χ0n) is 11.7. The van der Waals surface area contributed by atoms with Crippen LogP contribution in [0.1, 0.15) is 22.8 Å². The zero-order valence-corrected chi connectivity index (χ0v) is 11.7. The maximum absolute atomic E-state index is 11.5. The number of nitrogens with zero attached hydrogens (tertiary/aromatic N) is 1. The van der Waals surface area contributed by atoms with Gasteiger partial charge in [-0.15, -0.1) is 0 Å². The molecule has 0 bridgehead atoms. The molecule has 0 amide bonds. The summed E-state index contributed by atoms with van der Waals surface area (Å²) in [6.07, 6.45) is 0. The molecule has 0 aliphatic rings. The topological polar surface area (TPSA) is 85.3 Å². The Morgan fingerprint density at radius 2 is 1.95 bits per heavy atom. The van der Waals surface area contributed by atoms with Crippen LogP contribution in [0.15, 0.2) is 36.4 Å². The molecule has 2 aromatic carbocycles. The number of nitriles is 1. The first kappa shape index (κ1) is 14.4. The van der Waals surface area contributed by atoms with Crippen LogP contribution in [0.2, 0.25) is 0 Å². The third-order valence-electron chi connectivity index (χ3n) is 2.92. The summed E-state index contributed by atoms with van der Waals surface area (Å²) in [6.45, 7) is 1.44. The number of benzene rings is 2. The van der Waals surface area contributed by atoms with E-state index in [-0.39, 0.29) is 5.78 Å². The number of carbonyl (C=O) groups is 1. The van der Waals surface area contributed by atoms with Gasteiger partial charge >= 0.3 is 0 Å². The average molecular weight is 282 g/mol. The smallest absolute Gasteiger partial charge is 0.169 e. The van der Waals surface area contributed by atoms with Gasteiger partial charge in [0.15, 0.2) is 17.3 Å². The van der Waals surface area contributed by atoms with Gasteiger partial charge in [-0.25, -0.2) is 0 Å². The first-order valence-corrected chi connectivity index (χ1v) is 6.21. The summed E-state index contributed by atoms with van der Waals surface area (Å²) < 4.78 is 10.9. The molecule has 106 valence electrons. The van der Waals surface area contributed by atoms with Gasteiger partial charge in [-0.1, -0.05) is 0 Å². The molecular formula is C16H14N2O3. The lowest BCUT2D eigenvalue weighted by Gasteiger charge is -2.11. The molecule has 0 saturated heterocycles. The van der Waals surface area contributed by atoms with Gasteiger partial charge in [-0.3, -0.25) is 4.79 Å². The first-order valence-electron chi connectivity index (χ1n) is 6.21. The van der Waals surface area contributed by atoms with Crippen molar-refractivity contribution in [1.29, 1.82) is 5.26 Å². The Bertz CT molecular complexity index is 733. The van der Waals surface area contributed by atoms with Gasteiger partial charge in [-0.2, -0.15) is 5.26 Å². The molecule has 2 rings (SSSR count). The molecule has 5 heteroatoms. The van der Waals surface area contributed by atoms with Crippen molar-refractivity contribution in [2.45, 2.75) is 6.92 Å². The molecule has 2 N–H and O–H groups in total. The maximum Gasteiger partial charge on any atom is 0.169 e. The van der Waals surface area contributed by atoms with E-state index in [0.717, 1.165) is 0 Å². The Morgan fingerprint density at radius 1 is 1.19 bits per heavy atom. The molecule has 0 fully saturated rings. The molecule has 5 nitrogen and oxygen atoms in total. The summed E-state index contributed by atoms with van der Waals surface area (Å²) in [5.74, 6) is 1.23. The van der Waals surface area contributed by atoms with Gasteiger partial charge < -0.3 is 15.2 Å². The highest BCUT2D eigenvalue weighted by molar-refractivity contribution is 5.99. The van der Waals surface area contributed by atoms with Crippen molar-refractivity contribution in [1.82, 2.24) is 0 Å². The van der Waals surface area contributed by atoms with Gasteiger partial charge in [0, 0.05) is 17.3 Å². The van der Waals surface area contributed by atoms with E-state index in [0.29, 0.717) is 34.1 Å². The fourth-order valence-electron chi connectivity index (χ4n) is 1.85. The third-order valence-corrected chi connectivity index (χ3v) is 2.92. The molecule has 0 saturated carbocycles. The largest absolute Gasteiger partial charge is 0.493 e. The van der Waals surface area contributed by atoms with E-state index in [4.69, 9.17) is 20.5 Å². The van der Waals surface area contributed by atoms with Crippen molar-refractivity contribution in [3.05, 3.63) is 47.5 Å². The Hall–Kier alpha value is -3.00. The SMILES string of the molecule is COc1cc(C#N)ccc1Oc1ccc(N)c(C(C)=O)c1. The molecule has 0 atom stereocenters. The number of carbonyl (C=O) groups excluding carboxylic acids is 1. The lowest BCUT2D eigenvalue weighted by molar-refractivity contribution is 0.101. The molecule has 2 aromatic rings. The summed E-state index contributed by atoms with van der Waals surface area (Å²) in [7, 11) is 1.49. The van der Waals surface area contributed by atoms with Crippen LogP contribution in [-0.4, -0.2) is 12.9 Å². The summed E-state index contributed by atoms with van der Waals surface area (Å²) in [5, 5.41) is 8.87. The number of ether oxygens (including phenoxy) is 2. The minimum absolute atomic E-state index is 0.134. The van der Waals surface area contributed by atoms with E-state index in [1.54, 1.807) is 36.4 Å². The molecular weight excluding hydrogens is 268 g/mol.